The molecule has 0 aliphatic carbocycles. The van der Waals surface area contributed by atoms with Crippen LogP contribution in [0.2, 0.25) is 0 Å². The second kappa shape index (κ2) is 11.5. The van der Waals surface area contributed by atoms with Crippen LogP contribution in [0.4, 0.5) is 19.0 Å². The predicted molar refractivity (Wildman–Crippen MR) is 126 cm³/mol. The van der Waals surface area contributed by atoms with E-state index in [0.717, 1.165) is 0 Å². The molecule has 0 radical (unpaired) electrons. The van der Waals surface area contributed by atoms with E-state index in [1.807, 2.05) is 0 Å². The number of hydrogen-bond acceptors (Lipinski definition) is 6. The Morgan fingerprint density at radius 2 is 1.86 bits per heavy atom. The second-order valence-electron chi connectivity index (χ2n) is 8.06. The Kier molecular flexibility index (Phi) is 8.46. The first-order valence-corrected chi connectivity index (χ1v) is 11.0. The van der Waals surface area contributed by atoms with Crippen LogP contribution in [-0.4, -0.2) is 49.0 Å². The fourth-order valence-corrected chi connectivity index (χ4v) is 3.15. The van der Waals surface area contributed by atoms with Crippen LogP contribution >= 0.6 is 0 Å². The third kappa shape index (κ3) is 7.17. The van der Waals surface area contributed by atoms with Crippen molar-refractivity contribution in [3.8, 4) is 11.5 Å². The van der Waals surface area contributed by atoms with Crippen molar-refractivity contribution in [2.75, 3.05) is 25.1 Å². The van der Waals surface area contributed by atoms with E-state index in [1.54, 1.807) is 19.9 Å². The van der Waals surface area contributed by atoms with Gasteiger partial charge in [-0.15, -0.1) is 0 Å². The molecule has 0 aliphatic rings. The van der Waals surface area contributed by atoms with Gasteiger partial charge < -0.3 is 20.1 Å². The van der Waals surface area contributed by atoms with Crippen molar-refractivity contribution in [3.05, 3.63) is 59.8 Å². The molecular weight excluding hydrogens is 479 g/mol. The van der Waals surface area contributed by atoms with Gasteiger partial charge in [-0.3, -0.25) is 14.4 Å². The lowest BCUT2D eigenvalue weighted by Crippen LogP contribution is -2.28. The largest absolute Gasteiger partial charge is 0.491 e. The summed E-state index contributed by atoms with van der Waals surface area (Å²) in [7, 11) is 0. The molecular formula is C25H24F3N3O5. The maximum absolute atomic E-state index is 12.4. The number of halogens is 3. The van der Waals surface area contributed by atoms with Crippen molar-refractivity contribution in [1.82, 2.24) is 10.3 Å². The Hall–Kier alpha value is -4.15. The molecule has 3 aromatic rings. The second-order valence-corrected chi connectivity index (χ2v) is 8.06. The number of nitrogens with zero attached hydrogens (tertiary/aromatic N) is 1. The number of aldehydes is 1. The lowest BCUT2D eigenvalue weighted by atomic mass is 10.0. The first-order valence-electron chi connectivity index (χ1n) is 11.0. The van der Waals surface area contributed by atoms with Gasteiger partial charge in [-0.2, -0.15) is 13.2 Å². The molecule has 1 aromatic heterocycles. The molecule has 11 heteroatoms. The van der Waals surface area contributed by atoms with Crippen molar-refractivity contribution in [3.63, 3.8) is 0 Å². The minimum absolute atomic E-state index is 0.0242. The third-order valence-electron chi connectivity index (χ3n) is 4.96. The van der Waals surface area contributed by atoms with Crippen LogP contribution in [0.15, 0.2) is 48.7 Å². The van der Waals surface area contributed by atoms with Gasteiger partial charge in [0.15, 0.2) is 12.9 Å². The molecule has 0 saturated carbocycles. The van der Waals surface area contributed by atoms with E-state index in [2.05, 4.69) is 15.6 Å². The molecule has 2 N–H and O–H groups in total. The minimum atomic E-state index is -4.46. The SMILES string of the molecule is CC(C)C(=O)Nc1cc(C(=O)NCCOc2ccc3cc(OCC(F)(F)F)ccc3c2C=O)ccn1. The summed E-state index contributed by atoms with van der Waals surface area (Å²) in [5, 5.41) is 6.30. The van der Waals surface area contributed by atoms with Gasteiger partial charge >= 0.3 is 6.18 Å². The molecule has 0 spiro atoms. The number of anilines is 1. The summed E-state index contributed by atoms with van der Waals surface area (Å²) in [6, 6.07) is 10.3. The molecule has 190 valence electrons. The molecule has 0 fully saturated rings. The number of amides is 2. The molecule has 1 heterocycles. The number of alkyl halides is 3. The molecule has 36 heavy (non-hydrogen) atoms. The van der Waals surface area contributed by atoms with Crippen LogP contribution in [0, 0.1) is 5.92 Å². The Morgan fingerprint density at radius 3 is 2.56 bits per heavy atom. The highest BCUT2D eigenvalue weighted by Crippen LogP contribution is 2.30. The van der Waals surface area contributed by atoms with E-state index in [1.165, 1.54) is 42.6 Å². The van der Waals surface area contributed by atoms with Crippen LogP contribution in [0.5, 0.6) is 11.5 Å². The van der Waals surface area contributed by atoms with E-state index < -0.39 is 18.7 Å². The normalized spacial score (nSPS) is 11.3. The Balaban J connectivity index is 1.59. The first-order chi connectivity index (χ1) is 17.1. The average molecular weight is 503 g/mol. The topological polar surface area (TPSA) is 107 Å². The average Bonchev–Trinajstić information content (AvgIpc) is 2.84. The van der Waals surface area contributed by atoms with E-state index in [-0.39, 0.29) is 47.9 Å². The zero-order valence-electron chi connectivity index (χ0n) is 19.5. The monoisotopic (exact) mass is 503 g/mol. The van der Waals surface area contributed by atoms with Crippen LogP contribution in [0.1, 0.15) is 34.6 Å². The van der Waals surface area contributed by atoms with Gasteiger partial charge in [0.25, 0.3) is 5.91 Å². The fraction of sp³-hybridized carbons (Fsp3) is 0.280. The van der Waals surface area contributed by atoms with Gasteiger partial charge in [0.2, 0.25) is 5.91 Å². The van der Waals surface area contributed by atoms with Crippen LogP contribution in [-0.2, 0) is 4.79 Å². The van der Waals surface area contributed by atoms with Gasteiger partial charge in [-0.05, 0) is 47.2 Å². The van der Waals surface area contributed by atoms with E-state index >= 15 is 0 Å². The zero-order valence-corrected chi connectivity index (χ0v) is 19.5. The maximum Gasteiger partial charge on any atom is 0.422 e. The fourth-order valence-electron chi connectivity index (χ4n) is 3.15. The van der Waals surface area contributed by atoms with Gasteiger partial charge in [-0.1, -0.05) is 19.9 Å². The number of ether oxygens (including phenoxy) is 2. The lowest BCUT2D eigenvalue weighted by Gasteiger charge is -2.13. The predicted octanol–water partition coefficient (Wildman–Crippen LogP) is 4.39. The van der Waals surface area contributed by atoms with Gasteiger partial charge in [0, 0.05) is 17.7 Å². The molecule has 0 atom stereocenters. The van der Waals surface area contributed by atoms with Gasteiger partial charge in [0.1, 0.15) is 23.9 Å². The summed E-state index contributed by atoms with van der Waals surface area (Å²) in [4.78, 5) is 40.0. The number of rotatable bonds is 10. The van der Waals surface area contributed by atoms with Gasteiger partial charge in [-0.25, -0.2) is 4.98 Å². The number of carbonyl (C=O) groups excluding carboxylic acids is 3. The summed E-state index contributed by atoms with van der Waals surface area (Å²) in [6.45, 7) is 2.23. The summed E-state index contributed by atoms with van der Waals surface area (Å²) in [5.74, 6) is -0.315. The summed E-state index contributed by atoms with van der Waals surface area (Å²) < 4.78 is 47.5. The van der Waals surface area contributed by atoms with E-state index in [4.69, 9.17) is 9.47 Å². The number of hydrogen-bond donors (Lipinski definition) is 2. The Labute approximate surface area is 204 Å². The van der Waals surface area contributed by atoms with Crippen molar-refractivity contribution in [2.24, 2.45) is 5.92 Å². The van der Waals surface area contributed by atoms with E-state index in [9.17, 15) is 27.6 Å². The quantitative estimate of drug-likeness (QED) is 0.314. The number of fused-ring (bicyclic) bond motifs is 1. The number of pyridine rings is 1. The standard InChI is InChI=1S/C25H24F3N3O5/c1-15(2)23(33)31-22-12-17(7-8-29-22)24(34)30-9-10-35-21-6-3-16-11-18(36-14-25(26,27)28)4-5-19(16)20(21)13-32/h3-8,11-13,15H,9-10,14H2,1-2H3,(H,30,34)(H,29,31,33). The van der Waals surface area contributed by atoms with Crippen molar-refractivity contribution in [1.29, 1.82) is 0 Å². The number of aromatic nitrogens is 1. The van der Waals surface area contributed by atoms with Crippen LogP contribution in [0.3, 0.4) is 0 Å². The highest BCUT2D eigenvalue weighted by molar-refractivity contribution is 6.01. The molecule has 2 aromatic carbocycles. The maximum atomic E-state index is 12.4. The Morgan fingerprint density at radius 1 is 1.08 bits per heavy atom. The number of carbonyl (C=O) groups is 3. The summed E-state index contributed by atoms with van der Waals surface area (Å²) in [5.41, 5.74) is 0.521. The van der Waals surface area contributed by atoms with Crippen molar-refractivity contribution in [2.45, 2.75) is 20.0 Å². The molecule has 0 saturated heterocycles. The number of nitrogens with one attached hydrogen (secondary N) is 2. The van der Waals surface area contributed by atoms with Crippen LogP contribution < -0.4 is 20.1 Å². The van der Waals surface area contributed by atoms with Crippen LogP contribution in [0.25, 0.3) is 10.8 Å². The summed E-state index contributed by atoms with van der Waals surface area (Å²) in [6.07, 6.45) is -2.46. The minimum Gasteiger partial charge on any atom is -0.491 e. The highest BCUT2D eigenvalue weighted by atomic mass is 19.4. The molecule has 2 amide bonds. The molecule has 0 unspecified atom stereocenters. The Bertz CT molecular complexity index is 1260. The molecule has 0 aliphatic heterocycles. The van der Waals surface area contributed by atoms with Gasteiger partial charge in [0.05, 0.1) is 12.1 Å². The zero-order chi connectivity index (χ0) is 26.3. The highest BCUT2D eigenvalue weighted by Gasteiger charge is 2.28. The number of benzene rings is 2. The summed E-state index contributed by atoms with van der Waals surface area (Å²) >= 11 is 0. The first kappa shape index (κ1) is 26.5. The lowest BCUT2D eigenvalue weighted by molar-refractivity contribution is -0.153. The van der Waals surface area contributed by atoms with E-state index in [0.29, 0.717) is 22.6 Å². The molecule has 0 bridgehead atoms. The molecule has 8 nitrogen and oxygen atoms in total. The van der Waals surface area contributed by atoms with Crippen molar-refractivity contribution >= 4 is 34.7 Å². The smallest absolute Gasteiger partial charge is 0.422 e. The van der Waals surface area contributed by atoms with Crippen molar-refractivity contribution < 1.29 is 37.0 Å². The third-order valence-corrected chi connectivity index (χ3v) is 4.96. The molecule has 3 rings (SSSR count).